The van der Waals surface area contributed by atoms with Gasteiger partial charge in [0.15, 0.2) is 11.5 Å². The Bertz CT molecular complexity index is 794. The zero-order valence-electron chi connectivity index (χ0n) is 10.8. The molecule has 0 aliphatic carbocycles. The van der Waals surface area contributed by atoms with E-state index in [-0.39, 0.29) is 29.6 Å². The van der Waals surface area contributed by atoms with Crippen molar-refractivity contribution in [1.82, 2.24) is 20.6 Å². The van der Waals surface area contributed by atoms with Crippen LogP contribution in [0.1, 0.15) is 5.82 Å². The van der Waals surface area contributed by atoms with Crippen LogP contribution in [0.2, 0.25) is 0 Å². The van der Waals surface area contributed by atoms with Crippen LogP contribution in [-0.4, -0.2) is 32.3 Å². The highest BCUT2D eigenvalue weighted by atomic mass is 16.7. The number of rotatable bonds is 4. The monoisotopic (exact) mass is 301 g/mol. The first-order valence-electron chi connectivity index (χ1n) is 5.87. The fourth-order valence-corrected chi connectivity index (χ4v) is 1.77. The summed E-state index contributed by atoms with van der Waals surface area (Å²) in [7, 11) is 0. The van der Waals surface area contributed by atoms with Crippen molar-refractivity contribution >= 4 is 16.9 Å². The summed E-state index contributed by atoms with van der Waals surface area (Å²) < 4.78 is 10.3. The molecule has 1 aliphatic heterocycles. The van der Waals surface area contributed by atoms with Gasteiger partial charge in [0.1, 0.15) is 17.3 Å². The molecule has 2 N–H and O–H groups in total. The fraction of sp³-hybridized carbons (Fsp3) is 0.0909. The highest BCUT2D eigenvalue weighted by Gasteiger charge is 2.23. The van der Waals surface area contributed by atoms with E-state index in [2.05, 4.69) is 25.9 Å². The predicted molar refractivity (Wildman–Crippen MR) is 70.6 cm³/mol. The van der Waals surface area contributed by atoms with E-state index in [0.717, 1.165) is 0 Å². The molecule has 2 aromatic rings. The molecule has 1 aromatic heterocycles. The van der Waals surface area contributed by atoms with Crippen molar-refractivity contribution in [2.75, 3.05) is 12.1 Å². The van der Waals surface area contributed by atoms with E-state index in [9.17, 15) is 10.1 Å². The molecule has 2 heterocycles. The summed E-state index contributed by atoms with van der Waals surface area (Å²) in [5.74, 6) is 0.734. The van der Waals surface area contributed by atoms with E-state index in [1.807, 2.05) is 6.07 Å². The molecule has 0 saturated heterocycles. The molecule has 0 bridgehead atoms. The third-order valence-corrected chi connectivity index (χ3v) is 2.77. The molecule has 110 valence electrons. The van der Waals surface area contributed by atoms with Gasteiger partial charge >= 0.3 is 0 Å². The highest BCUT2D eigenvalue weighted by molar-refractivity contribution is 5.77. The van der Waals surface area contributed by atoms with Crippen LogP contribution < -0.4 is 14.8 Å². The normalized spacial score (nSPS) is 12.8. The van der Waals surface area contributed by atoms with E-state index < -0.39 is 4.92 Å². The largest absolute Gasteiger partial charge is 0.454 e. The second-order valence-corrected chi connectivity index (χ2v) is 4.03. The van der Waals surface area contributed by atoms with Gasteiger partial charge in [0.2, 0.25) is 12.6 Å². The van der Waals surface area contributed by atoms with Gasteiger partial charge in [-0.25, -0.2) is 0 Å². The topological polar surface area (TPSA) is 152 Å². The second-order valence-electron chi connectivity index (χ2n) is 4.03. The lowest BCUT2D eigenvalue weighted by Crippen LogP contribution is -1.98. The van der Waals surface area contributed by atoms with Crippen LogP contribution in [0, 0.1) is 21.4 Å². The minimum Gasteiger partial charge on any atom is -0.454 e. The third kappa shape index (κ3) is 2.36. The van der Waals surface area contributed by atoms with Gasteiger partial charge in [-0.1, -0.05) is 0 Å². The number of benzene rings is 1. The number of nitro benzene ring substituents is 1. The maximum atomic E-state index is 11.1. The summed E-state index contributed by atoms with van der Waals surface area (Å²) >= 11 is 0. The number of hydrogen-bond acceptors (Lipinski definition) is 9. The van der Waals surface area contributed by atoms with Gasteiger partial charge in [-0.2, -0.15) is 10.5 Å². The van der Waals surface area contributed by atoms with Gasteiger partial charge in [0.05, 0.1) is 11.0 Å². The molecular weight excluding hydrogens is 294 g/mol. The van der Waals surface area contributed by atoms with E-state index in [0.29, 0.717) is 11.5 Å². The number of H-pyrrole nitrogens is 1. The lowest BCUT2D eigenvalue weighted by atomic mass is 10.2. The number of tetrazole rings is 1. The van der Waals surface area contributed by atoms with Crippen LogP contribution in [0.3, 0.4) is 0 Å². The molecule has 22 heavy (non-hydrogen) atoms. The van der Waals surface area contributed by atoms with Crippen LogP contribution in [-0.2, 0) is 0 Å². The van der Waals surface area contributed by atoms with Gasteiger partial charge in [-0.3, -0.25) is 10.1 Å². The SMILES string of the molecule is N#CC(=CNc1cc2c(cc1[N+](=O)[O-])OCO2)c1nn[nH]n1. The van der Waals surface area contributed by atoms with Crippen molar-refractivity contribution in [3.8, 4) is 17.6 Å². The molecule has 0 amide bonds. The van der Waals surface area contributed by atoms with Crippen molar-refractivity contribution in [3.05, 3.63) is 34.3 Å². The fourth-order valence-electron chi connectivity index (χ4n) is 1.77. The number of anilines is 1. The summed E-state index contributed by atoms with van der Waals surface area (Å²) in [5.41, 5.74) is -0.0166. The molecule has 1 aromatic carbocycles. The first-order valence-corrected chi connectivity index (χ1v) is 5.87. The Morgan fingerprint density at radius 2 is 2.27 bits per heavy atom. The Balaban J connectivity index is 1.95. The second kappa shape index (κ2) is 5.37. The molecule has 3 rings (SSSR count). The molecule has 0 spiro atoms. The number of fused-ring (bicyclic) bond motifs is 1. The number of ether oxygens (including phenoxy) is 2. The van der Waals surface area contributed by atoms with Crippen molar-refractivity contribution in [1.29, 1.82) is 5.26 Å². The standard InChI is InChI=1S/C11H7N7O4/c12-3-6(11-14-16-17-15-11)4-13-7-1-9-10(22-5-21-9)2-8(7)18(19)20/h1-2,4,13H,5H2,(H,14,15,16,17). The van der Waals surface area contributed by atoms with Crippen LogP contribution in [0.4, 0.5) is 11.4 Å². The maximum absolute atomic E-state index is 11.1. The van der Waals surface area contributed by atoms with Crippen LogP contribution in [0.5, 0.6) is 11.5 Å². The van der Waals surface area contributed by atoms with E-state index in [4.69, 9.17) is 14.7 Å². The minimum atomic E-state index is -0.571. The third-order valence-electron chi connectivity index (χ3n) is 2.77. The molecule has 1 aliphatic rings. The number of aromatic amines is 1. The van der Waals surface area contributed by atoms with E-state index in [1.165, 1.54) is 18.3 Å². The number of nitrogens with zero attached hydrogens (tertiary/aromatic N) is 5. The Kier molecular flexibility index (Phi) is 3.25. The average molecular weight is 301 g/mol. The zero-order valence-corrected chi connectivity index (χ0v) is 10.8. The molecule has 0 atom stereocenters. The van der Waals surface area contributed by atoms with Gasteiger partial charge in [0.25, 0.3) is 5.69 Å². The summed E-state index contributed by atoms with van der Waals surface area (Å²) in [5, 5.41) is 35.7. The van der Waals surface area contributed by atoms with Crippen molar-refractivity contribution < 1.29 is 14.4 Å². The van der Waals surface area contributed by atoms with Gasteiger partial charge < -0.3 is 14.8 Å². The number of hydrogen-bond donors (Lipinski definition) is 2. The number of nitriles is 1. The molecule has 0 unspecified atom stereocenters. The quantitative estimate of drug-likeness (QED) is 0.474. The molecule has 0 radical (unpaired) electrons. The highest BCUT2D eigenvalue weighted by Crippen LogP contribution is 2.40. The summed E-state index contributed by atoms with van der Waals surface area (Å²) in [6.07, 6.45) is 1.25. The summed E-state index contributed by atoms with van der Waals surface area (Å²) in [6.45, 7) is -0.00190. The van der Waals surface area contributed by atoms with E-state index in [1.54, 1.807) is 0 Å². The Hall–Kier alpha value is -3.68. The molecule has 0 saturated carbocycles. The maximum Gasteiger partial charge on any atom is 0.296 e. The molecule has 0 fully saturated rings. The molecule has 11 nitrogen and oxygen atoms in total. The Morgan fingerprint density at radius 1 is 1.50 bits per heavy atom. The Labute approximate surface area is 122 Å². The van der Waals surface area contributed by atoms with Crippen LogP contribution in [0.15, 0.2) is 18.3 Å². The van der Waals surface area contributed by atoms with Crippen LogP contribution >= 0.6 is 0 Å². The molecule has 11 heteroatoms. The lowest BCUT2D eigenvalue weighted by Gasteiger charge is -2.04. The number of aromatic nitrogens is 4. The van der Waals surface area contributed by atoms with Crippen molar-refractivity contribution in [2.24, 2.45) is 0 Å². The van der Waals surface area contributed by atoms with E-state index >= 15 is 0 Å². The van der Waals surface area contributed by atoms with Gasteiger partial charge in [-0.15, -0.1) is 10.2 Å². The van der Waals surface area contributed by atoms with Crippen molar-refractivity contribution in [3.63, 3.8) is 0 Å². The van der Waals surface area contributed by atoms with Gasteiger partial charge in [-0.05, 0) is 5.21 Å². The smallest absolute Gasteiger partial charge is 0.296 e. The Morgan fingerprint density at radius 3 is 2.91 bits per heavy atom. The molecular formula is C11H7N7O4. The first kappa shape index (κ1) is 13.3. The van der Waals surface area contributed by atoms with Crippen LogP contribution in [0.25, 0.3) is 5.57 Å². The zero-order chi connectivity index (χ0) is 15.5. The number of allylic oxidation sites excluding steroid dienone is 1. The summed E-state index contributed by atoms with van der Waals surface area (Å²) in [6, 6.07) is 4.53. The lowest BCUT2D eigenvalue weighted by molar-refractivity contribution is -0.384. The van der Waals surface area contributed by atoms with Crippen molar-refractivity contribution in [2.45, 2.75) is 0 Å². The number of nitro groups is 1. The first-order chi connectivity index (χ1) is 10.7. The average Bonchev–Trinajstić information content (AvgIpc) is 3.17. The summed E-state index contributed by atoms with van der Waals surface area (Å²) in [4.78, 5) is 10.5. The predicted octanol–water partition coefficient (Wildman–Crippen LogP) is 0.813. The minimum absolute atomic E-state index is 0.00190. The number of nitrogens with one attached hydrogen (secondary N) is 2. The van der Waals surface area contributed by atoms with Gasteiger partial charge in [0, 0.05) is 12.3 Å².